The number of aromatic nitrogens is 1. The first-order chi connectivity index (χ1) is 12.8. The summed E-state index contributed by atoms with van der Waals surface area (Å²) < 4.78 is 1.03. The first-order valence-corrected chi connectivity index (χ1v) is 9.88. The maximum atomic E-state index is 13.0. The maximum absolute atomic E-state index is 13.0. The van der Waals surface area contributed by atoms with Crippen molar-refractivity contribution >= 4 is 44.4 Å². The van der Waals surface area contributed by atoms with E-state index in [1.165, 1.54) is 16.2 Å². The molecule has 7 nitrogen and oxygen atoms in total. The van der Waals surface area contributed by atoms with E-state index in [0.717, 1.165) is 32.8 Å². The van der Waals surface area contributed by atoms with Crippen LogP contribution in [0.25, 0.3) is 10.2 Å². The Bertz CT molecular complexity index is 890. The van der Waals surface area contributed by atoms with E-state index >= 15 is 0 Å². The number of aryl methyl sites for hydroxylation is 2. The van der Waals surface area contributed by atoms with E-state index in [9.17, 15) is 14.4 Å². The van der Waals surface area contributed by atoms with Gasteiger partial charge in [-0.2, -0.15) is 0 Å². The molecule has 0 radical (unpaired) electrons. The fourth-order valence-electron chi connectivity index (χ4n) is 3.16. The molecule has 8 heteroatoms. The van der Waals surface area contributed by atoms with Gasteiger partial charge in [-0.05, 0) is 31.0 Å². The van der Waals surface area contributed by atoms with Gasteiger partial charge in [-0.15, -0.1) is 0 Å². The van der Waals surface area contributed by atoms with E-state index in [1.54, 1.807) is 4.90 Å². The summed E-state index contributed by atoms with van der Waals surface area (Å²) in [6, 6.07) is 4.14. The molecule has 1 N–H and O–H groups in total. The van der Waals surface area contributed by atoms with Gasteiger partial charge in [0.25, 0.3) is 0 Å². The number of amides is 3. The highest BCUT2D eigenvalue weighted by Crippen LogP contribution is 2.31. The lowest BCUT2D eigenvalue weighted by Gasteiger charge is -2.23. The number of nitrogens with one attached hydrogen (secondary N) is 1. The molecule has 0 bridgehead atoms. The predicted molar refractivity (Wildman–Crippen MR) is 105 cm³/mol. The second-order valence-electron chi connectivity index (χ2n) is 7.30. The summed E-state index contributed by atoms with van der Waals surface area (Å²) in [7, 11) is 4.03. The molecule has 1 saturated heterocycles. The molecule has 1 aromatic carbocycles. The van der Waals surface area contributed by atoms with Gasteiger partial charge in [-0.1, -0.05) is 17.4 Å². The van der Waals surface area contributed by atoms with Crippen LogP contribution in [0.3, 0.4) is 0 Å². The molecule has 2 aromatic rings. The summed E-state index contributed by atoms with van der Waals surface area (Å²) in [5, 5.41) is 0.615. The molecular formula is C19H25N4O3S+. The van der Waals surface area contributed by atoms with Crippen LogP contribution in [0.1, 0.15) is 24.0 Å². The Labute approximate surface area is 162 Å². The number of benzene rings is 1. The maximum Gasteiger partial charge on any atom is 0.249 e. The van der Waals surface area contributed by atoms with Gasteiger partial charge in [0.05, 0.1) is 37.4 Å². The molecule has 2 heterocycles. The summed E-state index contributed by atoms with van der Waals surface area (Å²) >= 11 is 1.47. The largest absolute Gasteiger partial charge is 0.338 e. The average molecular weight is 390 g/mol. The summed E-state index contributed by atoms with van der Waals surface area (Å²) in [5.74, 6) is -0.821. The highest BCUT2D eigenvalue weighted by molar-refractivity contribution is 7.22. The van der Waals surface area contributed by atoms with E-state index in [4.69, 9.17) is 4.98 Å². The quantitative estimate of drug-likeness (QED) is 0.732. The molecule has 0 saturated carbocycles. The number of nitrogens with zero attached hydrogens (tertiary/aromatic N) is 3. The molecule has 144 valence electrons. The molecule has 1 aliphatic heterocycles. The Morgan fingerprint density at radius 2 is 1.89 bits per heavy atom. The summed E-state index contributed by atoms with van der Waals surface area (Å²) in [6.07, 6.45) is 0.376. The number of fused-ring (bicyclic) bond motifs is 1. The highest BCUT2D eigenvalue weighted by Gasteiger charge is 2.33. The Hall–Kier alpha value is -2.32. The van der Waals surface area contributed by atoms with E-state index < -0.39 is 0 Å². The fraction of sp³-hybridized carbons (Fsp3) is 0.474. The van der Waals surface area contributed by atoms with Crippen molar-refractivity contribution in [1.82, 2.24) is 9.88 Å². The summed E-state index contributed by atoms with van der Waals surface area (Å²) in [6.45, 7) is 5.05. The second-order valence-corrected chi connectivity index (χ2v) is 8.31. The van der Waals surface area contributed by atoms with Gasteiger partial charge in [0.2, 0.25) is 17.7 Å². The number of anilines is 1. The smallest absolute Gasteiger partial charge is 0.249 e. The molecular weight excluding hydrogens is 364 g/mol. The normalized spacial score (nSPS) is 14.6. The molecule has 0 atom stereocenters. The standard InChI is InChI=1S/C19H24N4O3S/c1-12-9-13(2)18-14(10-12)27-19(20-18)22(8-7-21(3)4)17(26)11-23-15(24)5-6-16(23)25/h9-10H,5-8,11H2,1-4H3/p+1. The van der Waals surface area contributed by atoms with Crippen molar-refractivity contribution in [2.45, 2.75) is 26.7 Å². The number of carbonyl (C=O) groups excluding carboxylic acids is 3. The SMILES string of the molecule is Cc1cc(C)c2nc(N(CC[NH+](C)C)C(=O)CN3C(=O)CCC3=O)sc2c1. The third-order valence-electron chi connectivity index (χ3n) is 4.63. The molecule has 3 amide bonds. The molecule has 0 aliphatic carbocycles. The zero-order chi connectivity index (χ0) is 19.7. The highest BCUT2D eigenvalue weighted by atomic mass is 32.1. The number of carbonyl (C=O) groups is 3. The van der Waals surface area contributed by atoms with Gasteiger partial charge in [0.1, 0.15) is 6.54 Å². The van der Waals surface area contributed by atoms with Crippen LogP contribution in [-0.2, 0) is 14.4 Å². The third kappa shape index (κ3) is 4.17. The van der Waals surface area contributed by atoms with Crippen LogP contribution in [0, 0.1) is 13.8 Å². The number of rotatable bonds is 6. The Morgan fingerprint density at radius 3 is 2.52 bits per heavy atom. The van der Waals surface area contributed by atoms with Crippen LogP contribution in [0.4, 0.5) is 5.13 Å². The van der Waals surface area contributed by atoms with E-state index in [-0.39, 0.29) is 37.1 Å². The van der Waals surface area contributed by atoms with Crippen molar-refractivity contribution in [3.63, 3.8) is 0 Å². The van der Waals surface area contributed by atoms with Crippen molar-refractivity contribution < 1.29 is 19.3 Å². The summed E-state index contributed by atoms with van der Waals surface area (Å²) in [4.78, 5) is 45.3. The monoisotopic (exact) mass is 389 g/mol. The average Bonchev–Trinajstić information content (AvgIpc) is 3.13. The van der Waals surface area contributed by atoms with Crippen LogP contribution in [0.2, 0.25) is 0 Å². The van der Waals surface area contributed by atoms with Crippen LogP contribution in [-0.4, -0.2) is 61.3 Å². The van der Waals surface area contributed by atoms with Crippen molar-refractivity contribution in [3.05, 3.63) is 23.3 Å². The van der Waals surface area contributed by atoms with E-state index in [2.05, 4.69) is 12.1 Å². The van der Waals surface area contributed by atoms with Crippen molar-refractivity contribution in [3.8, 4) is 0 Å². The van der Waals surface area contributed by atoms with E-state index in [1.807, 2.05) is 27.9 Å². The van der Waals surface area contributed by atoms with Crippen LogP contribution >= 0.6 is 11.3 Å². The van der Waals surface area contributed by atoms with Crippen molar-refractivity contribution in [1.29, 1.82) is 0 Å². The predicted octanol–water partition coefficient (Wildman–Crippen LogP) is 0.540. The minimum absolute atomic E-state index is 0.188. The fourth-order valence-corrected chi connectivity index (χ4v) is 4.34. The lowest BCUT2D eigenvalue weighted by atomic mass is 10.1. The number of likely N-dealkylation sites (tertiary alicyclic amines) is 1. The minimum Gasteiger partial charge on any atom is -0.338 e. The lowest BCUT2D eigenvalue weighted by molar-refractivity contribution is -0.856. The van der Waals surface area contributed by atoms with E-state index in [0.29, 0.717) is 11.7 Å². The zero-order valence-corrected chi connectivity index (χ0v) is 17.0. The lowest BCUT2D eigenvalue weighted by Crippen LogP contribution is -3.06. The summed E-state index contributed by atoms with van der Waals surface area (Å²) in [5.41, 5.74) is 3.12. The van der Waals surface area contributed by atoms with Crippen LogP contribution < -0.4 is 9.80 Å². The minimum atomic E-state index is -0.276. The Morgan fingerprint density at radius 1 is 1.22 bits per heavy atom. The van der Waals surface area contributed by atoms with Gasteiger partial charge < -0.3 is 4.90 Å². The van der Waals surface area contributed by atoms with Crippen molar-refractivity contribution in [2.75, 3.05) is 38.6 Å². The van der Waals surface area contributed by atoms with Gasteiger partial charge in [0, 0.05) is 12.8 Å². The van der Waals surface area contributed by atoms with Gasteiger partial charge in [0.15, 0.2) is 5.13 Å². The number of quaternary nitrogens is 1. The van der Waals surface area contributed by atoms with Crippen LogP contribution in [0.15, 0.2) is 12.1 Å². The number of likely N-dealkylation sites (N-methyl/N-ethyl adjacent to an activating group) is 1. The molecule has 1 aliphatic rings. The third-order valence-corrected chi connectivity index (χ3v) is 5.66. The molecule has 3 rings (SSSR count). The van der Waals surface area contributed by atoms with Gasteiger partial charge in [-0.3, -0.25) is 24.2 Å². The van der Waals surface area contributed by atoms with Crippen LogP contribution in [0.5, 0.6) is 0 Å². The number of thiazole rings is 1. The Balaban J connectivity index is 1.91. The molecule has 1 fully saturated rings. The Kier molecular flexibility index (Phi) is 5.57. The molecule has 0 spiro atoms. The second kappa shape index (κ2) is 7.74. The van der Waals surface area contributed by atoms with Crippen molar-refractivity contribution in [2.24, 2.45) is 0 Å². The first kappa shape index (κ1) is 19.4. The molecule has 0 unspecified atom stereocenters. The molecule has 27 heavy (non-hydrogen) atoms. The number of hydrogen-bond donors (Lipinski definition) is 1. The van der Waals surface area contributed by atoms with Gasteiger partial charge in [-0.25, -0.2) is 4.98 Å². The first-order valence-electron chi connectivity index (χ1n) is 9.06. The molecule has 1 aromatic heterocycles. The number of hydrogen-bond acceptors (Lipinski definition) is 5. The van der Waals surface area contributed by atoms with Gasteiger partial charge >= 0.3 is 0 Å². The zero-order valence-electron chi connectivity index (χ0n) is 16.2. The number of imide groups is 1. The topological polar surface area (TPSA) is 75.0 Å².